The summed E-state index contributed by atoms with van der Waals surface area (Å²) in [4.78, 5) is 13.7. The van der Waals surface area contributed by atoms with Gasteiger partial charge in [-0.2, -0.15) is 0 Å². The predicted octanol–water partition coefficient (Wildman–Crippen LogP) is 2.74. The Kier molecular flexibility index (Phi) is 4.02. The van der Waals surface area contributed by atoms with Crippen LogP contribution in [0.25, 0.3) is 0 Å². The van der Waals surface area contributed by atoms with E-state index in [0.29, 0.717) is 6.42 Å². The van der Waals surface area contributed by atoms with Gasteiger partial charge in [0.2, 0.25) is 0 Å². The molecule has 1 aromatic rings. The Labute approximate surface area is 106 Å². The Hall–Kier alpha value is -2.23. The molecule has 0 spiro atoms. The smallest absolute Gasteiger partial charge is 0.174 e. The molecule has 92 valence electrons. The van der Waals surface area contributed by atoms with E-state index >= 15 is 0 Å². The summed E-state index contributed by atoms with van der Waals surface area (Å²) in [6.45, 7) is 5.66. The van der Waals surface area contributed by atoms with Gasteiger partial charge in [0.25, 0.3) is 0 Å². The Morgan fingerprint density at radius 3 is 3.17 bits per heavy atom. The van der Waals surface area contributed by atoms with Gasteiger partial charge >= 0.3 is 0 Å². The number of nitrogens with zero attached hydrogens (tertiary/aromatic N) is 3. The first-order valence-corrected chi connectivity index (χ1v) is 5.79. The minimum Gasteiger partial charge on any atom is -0.385 e. The largest absolute Gasteiger partial charge is 0.385 e. The Morgan fingerprint density at radius 1 is 1.61 bits per heavy atom. The standard InChI is InChI=1S/C14H15N3O/c1-3-7-16-12(4-2)14-9-13(17-18-14)11-6-5-8-15-10-11/h3-8,10,14H,2,9H2,1H3/b7-3-,16-12?. The first-order valence-electron chi connectivity index (χ1n) is 5.79. The van der Waals surface area contributed by atoms with Gasteiger partial charge in [-0.25, -0.2) is 0 Å². The quantitative estimate of drug-likeness (QED) is 0.761. The summed E-state index contributed by atoms with van der Waals surface area (Å²) in [7, 11) is 0. The molecule has 2 rings (SSSR count). The second-order valence-corrected chi connectivity index (χ2v) is 3.82. The van der Waals surface area contributed by atoms with Crippen LogP contribution in [0.15, 0.2) is 59.6 Å². The predicted molar refractivity (Wildman–Crippen MR) is 72.7 cm³/mol. The molecule has 2 heterocycles. The molecule has 0 fully saturated rings. The average molecular weight is 241 g/mol. The maximum atomic E-state index is 5.39. The lowest BCUT2D eigenvalue weighted by Crippen LogP contribution is -2.18. The van der Waals surface area contributed by atoms with Crippen molar-refractivity contribution in [2.45, 2.75) is 19.4 Å². The molecule has 0 radical (unpaired) electrons. The fraction of sp³-hybridized carbons (Fsp3) is 0.214. The maximum absolute atomic E-state index is 5.39. The van der Waals surface area contributed by atoms with E-state index < -0.39 is 0 Å². The molecular formula is C14H15N3O. The normalized spacial score (nSPS) is 19.7. The van der Waals surface area contributed by atoms with Crippen LogP contribution in [0.2, 0.25) is 0 Å². The van der Waals surface area contributed by atoms with Crippen LogP contribution < -0.4 is 0 Å². The third kappa shape index (κ3) is 2.71. The van der Waals surface area contributed by atoms with Gasteiger partial charge in [-0.15, -0.1) is 0 Å². The van der Waals surface area contributed by atoms with E-state index in [-0.39, 0.29) is 6.10 Å². The number of pyridine rings is 1. The van der Waals surface area contributed by atoms with Gasteiger partial charge in [0.05, 0.1) is 11.4 Å². The zero-order valence-corrected chi connectivity index (χ0v) is 10.3. The molecule has 0 aromatic carbocycles. The zero-order chi connectivity index (χ0) is 12.8. The summed E-state index contributed by atoms with van der Waals surface area (Å²) in [6, 6.07) is 3.85. The SMILES string of the molecule is C=CC(=N/C=C\C)C1CC(c2cccnc2)=NO1. The van der Waals surface area contributed by atoms with E-state index in [1.165, 1.54) is 0 Å². The molecule has 4 heteroatoms. The average Bonchev–Trinajstić information content (AvgIpc) is 2.90. The highest BCUT2D eigenvalue weighted by Gasteiger charge is 2.25. The molecule has 0 saturated carbocycles. The first kappa shape index (κ1) is 12.2. The fourth-order valence-corrected chi connectivity index (χ4v) is 1.67. The van der Waals surface area contributed by atoms with Crippen molar-refractivity contribution in [1.82, 2.24) is 4.98 Å². The Bertz CT molecular complexity index is 503. The molecule has 0 saturated heterocycles. The third-order valence-electron chi connectivity index (χ3n) is 2.58. The van der Waals surface area contributed by atoms with Gasteiger partial charge in [-0.3, -0.25) is 9.98 Å². The number of aliphatic imine (C=N–C) groups is 1. The second-order valence-electron chi connectivity index (χ2n) is 3.82. The molecule has 1 unspecified atom stereocenters. The van der Waals surface area contributed by atoms with Crippen LogP contribution in [0.1, 0.15) is 18.9 Å². The lowest BCUT2D eigenvalue weighted by atomic mass is 10.0. The molecule has 4 nitrogen and oxygen atoms in total. The maximum Gasteiger partial charge on any atom is 0.174 e. The molecule has 18 heavy (non-hydrogen) atoms. The minimum absolute atomic E-state index is 0.158. The van der Waals surface area contributed by atoms with E-state index in [4.69, 9.17) is 4.84 Å². The van der Waals surface area contributed by atoms with E-state index in [1.54, 1.807) is 24.7 Å². The summed E-state index contributed by atoms with van der Waals surface area (Å²) in [5.74, 6) is 0. The summed E-state index contributed by atoms with van der Waals surface area (Å²) in [5.41, 5.74) is 2.66. The van der Waals surface area contributed by atoms with Crippen LogP contribution in [0, 0.1) is 0 Å². The first-order chi connectivity index (χ1) is 8.85. The number of hydrogen-bond acceptors (Lipinski definition) is 4. The second kappa shape index (κ2) is 5.91. The molecule has 1 aliphatic heterocycles. The van der Waals surface area contributed by atoms with E-state index in [9.17, 15) is 0 Å². The third-order valence-corrected chi connectivity index (χ3v) is 2.58. The number of rotatable bonds is 4. The summed E-state index contributed by atoms with van der Waals surface area (Å²) >= 11 is 0. The molecule has 0 bridgehead atoms. The number of hydrogen-bond donors (Lipinski definition) is 0. The molecule has 0 amide bonds. The highest BCUT2D eigenvalue weighted by Crippen LogP contribution is 2.17. The summed E-state index contributed by atoms with van der Waals surface area (Å²) in [6.07, 6.45) is 9.33. The lowest BCUT2D eigenvalue weighted by molar-refractivity contribution is 0.133. The van der Waals surface area contributed by atoms with Crippen molar-refractivity contribution in [3.8, 4) is 0 Å². The molecule has 0 N–H and O–H groups in total. The van der Waals surface area contributed by atoms with E-state index in [0.717, 1.165) is 17.0 Å². The van der Waals surface area contributed by atoms with Crippen molar-refractivity contribution in [2.75, 3.05) is 0 Å². The van der Waals surface area contributed by atoms with E-state index in [2.05, 4.69) is 21.7 Å². The topological polar surface area (TPSA) is 46.8 Å². The van der Waals surface area contributed by atoms with Gasteiger partial charge in [0.1, 0.15) is 0 Å². The van der Waals surface area contributed by atoms with Crippen LogP contribution in [0.4, 0.5) is 0 Å². The monoisotopic (exact) mass is 241 g/mol. The molecule has 1 aliphatic rings. The van der Waals surface area contributed by atoms with Gasteiger partial charge < -0.3 is 4.84 Å². The number of allylic oxidation sites excluding steroid dienone is 1. The van der Waals surface area contributed by atoms with Crippen molar-refractivity contribution >= 4 is 11.4 Å². The van der Waals surface area contributed by atoms with Gasteiger partial charge in [0, 0.05) is 30.6 Å². The number of aromatic nitrogens is 1. The highest BCUT2D eigenvalue weighted by atomic mass is 16.6. The molecule has 0 aliphatic carbocycles. The van der Waals surface area contributed by atoms with Crippen molar-refractivity contribution in [1.29, 1.82) is 0 Å². The van der Waals surface area contributed by atoms with Gasteiger partial charge in [0.15, 0.2) is 6.10 Å². The summed E-state index contributed by atoms with van der Waals surface area (Å²) < 4.78 is 0. The van der Waals surface area contributed by atoms with Crippen LogP contribution in [0.5, 0.6) is 0 Å². The fourth-order valence-electron chi connectivity index (χ4n) is 1.67. The van der Waals surface area contributed by atoms with Crippen LogP contribution >= 0.6 is 0 Å². The molecular weight excluding hydrogens is 226 g/mol. The lowest BCUT2D eigenvalue weighted by Gasteiger charge is -2.06. The van der Waals surface area contributed by atoms with Crippen LogP contribution in [-0.4, -0.2) is 22.5 Å². The Morgan fingerprint density at radius 2 is 2.50 bits per heavy atom. The van der Waals surface area contributed by atoms with Gasteiger partial charge in [-0.05, 0) is 25.1 Å². The highest BCUT2D eigenvalue weighted by molar-refractivity contribution is 6.07. The van der Waals surface area contributed by atoms with Crippen molar-refractivity contribution in [3.63, 3.8) is 0 Å². The van der Waals surface area contributed by atoms with Gasteiger partial charge in [-0.1, -0.05) is 17.8 Å². The Balaban J connectivity index is 2.09. The van der Waals surface area contributed by atoms with Crippen LogP contribution in [0.3, 0.4) is 0 Å². The van der Waals surface area contributed by atoms with Crippen molar-refractivity contribution < 1.29 is 4.84 Å². The van der Waals surface area contributed by atoms with Crippen molar-refractivity contribution in [2.24, 2.45) is 10.1 Å². The molecule has 1 aromatic heterocycles. The van der Waals surface area contributed by atoms with E-state index in [1.807, 2.05) is 25.1 Å². The van der Waals surface area contributed by atoms with Crippen molar-refractivity contribution in [3.05, 3.63) is 55.0 Å². The zero-order valence-electron chi connectivity index (χ0n) is 10.3. The van der Waals surface area contributed by atoms with Crippen LogP contribution in [-0.2, 0) is 4.84 Å². The summed E-state index contributed by atoms with van der Waals surface area (Å²) in [5, 5.41) is 4.09. The minimum atomic E-state index is -0.158. The molecule has 1 atom stereocenters. The number of oxime groups is 1.